The molecule has 2 atom stereocenters. The molecule has 0 bridgehead atoms. The van der Waals surface area contributed by atoms with Gasteiger partial charge in [-0.25, -0.2) is 0 Å². The molecule has 0 aromatic heterocycles. The minimum Gasteiger partial charge on any atom is -0.370 e. The topological polar surface area (TPSA) is 53.6 Å². The number of hydrogen-bond acceptors (Lipinski definition) is 4. The maximum atomic E-state index is 5.99. The van der Waals surface area contributed by atoms with Crippen LogP contribution in [-0.4, -0.2) is 42.6 Å². The van der Waals surface area contributed by atoms with Gasteiger partial charge in [0.1, 0.15) is 0 Å². The maximum absolute atomic E-state index is 5.99. The van der Waals surface area contributed by atoms with E-state index in [1.165, 1.54) is 6.42 Å². The number of nitrogens with two attached hydrogens (primary N) is 1. The summed E-state index contributed by atoms with van der Waals surface area (Å²) in [5.74, 6) is 1.38. The van der Waals surface area contributed by atoms with Crippen molar-refractivity contribution in [3.05, 3.63) is 0 Å². The van der Waals surface area contributed by atoms with Gasteiger partial charge in [-0.05, 0) is 31.8 Å². The number of rotatable bonds is 2. The number of guanidine groups is 1. The highest BCUT2D eigenvalue weighted by atomic mass is 15.4. The summed E-state index contributed by atoms with van der Waals surface area (Å²) in [6.07, 6.45) is 2.30. The van der Waals surface area contributed by atoms with Gasteiger partial charge >= 0.3 is 0 Å². The van der Waals surface area contributed by atoms with Crippen molar-refractivity contribution in [1.29, 1.82) is 0 Å². The van der Waals surface area contributed by atoms with E-state index in [0.29, 0.717) is 5.92 Å². The molecule has 2 heterocycles. The predicted octanol–water partition coefficient (Wildman–Crippen LogP) is 0.395. The van der Waals surface area contributed by atoms with Crippen LogP contribution in [0, 0.1) is 5.92 Å². The van der Waals surface area contributed by atoms with Crippen LogP contribution in [0.2, 0.25) is 0 Å². The van der Waals surface area contributed by atoms with Gasteiger partial charge in [-0.1, -0.05) is 13.8 Å². The van der Waals surface area contributed by atoms with Gasteiger partial charge in [0.05, 0.1) is 12.1 Å². The molecule has 86 valence electrons. The molecule has 0 amide bonds. The monoisotopic (exact) mass is 210 g/mol. The third-order valence-corrected chi connectivity index (χ3v) is 3.88. The number of piperidine rings is 1. The van der Waals surface area contributed by atoms with Crippen molar-refractivity contribution in [1.82, 2.24) is 10.2 Å². The lowest BCUT2D eigenvalue weighted by Crippen LogP contribution is -2.61. The molecule has 4 heteroatoms. The molecule has 1 fully saturated rings. The maximum Gasteiger partial charge on any atom is 0.191 e. The van der Waals surface area contributed by atoms with Crippen molar-refractivity contribution in [2.45, 2.75) is 32.2 Å². The van der Waals surface area contributed by atoms with Gasteiger partial charge in [-0.3, -0.25) is 4.99 Å². The Morgan fingerprint density at radius 1 is 1.67 bits per heavy atom. The van der Waals surface area contributed by atoms with Crippen LogP contribution in [-0.2, 0) is 0 Å². The number of aliphatic imine (C=N–C) groups is 1. The van der Waals surface area contributed by atoms with E-state index in [0.717, 1.165) is 38.6 Å². The van der Waals surface area contributed by atoms with Gasteiger partial charge in [0.15, 0.2) is 5.96 Å². The van der Waals surface area contributed by atoms with Crippen molar-refractivity contribution >= 4 is 5.96 Å². The van der Waals surface area contributed by atoms with Crippen LogP contribution in [0.3, 0.4) is 0 Å². The van der Waals surface area contributed by atoms with Crippen LogP contribution >= 0.6 is 0 Å². The molecule has 0 aromatic carbocycles. The van der Waals surface area contributed by atoms with Crippen LogP contribution in [0.25, 0.3) is 0 Å². The lowest BCUT2D eigenvalue weighted by molar-refractivity contribution is 0.0932. The zero-order chi connectivity index (χ0) is 10.9. The van der Waals surface area contributed by atoms with Crippen molar-refractivity contribution in [3.8, 4) is 0 Å². The summed E-state index contributed by atoms with van der Waals surface area (Å²) in [5, 5.41) is 3.44. The minimum absolute atomic E-state index is 0.214. The Balaban J connectivity index is 2.19. The Morgan fingerprint density at radius 2 is 2.47 bits per heavy atom. The predicted molar refractivity (Wildman–Crippen MR) is 62.9 cm³/mol. The highest BCUT2D eigenvalue weighted by Crippen LogP contribution is 2.34. The Morgan fingerprint density at radius 3 is 3.13 bits per heavy atom. The van der Waals surface area contributed by atoms with Crippen LogP contribution in [0.5, 0.6) is 0 Å². The smallest absolute Gasteiger partial charge is 0.191 e. The third-order valence-electron chi connectivity index (χ3n) is 3.88. The van der Waals surface area contributed by atoms with E-state index in [9.17, 15) is 0 Å². The fourth-order valence-corrected chi connectivity index (χ4v) is 2.87. The molecule has 0 saturated carbocycles. The van der Waals surface area contributed by atoms with E-state index in [4.69, 9.17) is 5.73 Å². The average Bonchev–Trinajstić information content (AvgIpc) is 2.53. The first-order chi connectivity index (χ1) is 7.20. The molecule has 0 radical (unpaired) electrons. The Kier molecular flexibility index (Phi) is 2.87. The van der Waals surface area contributed by atoms with Gasteiger partial charge in [-0.15, -0.1) is 0 Å². The number of nitrogens with one attached hydrogen (secondary N) is 1. The Bertz CT molecular complexity index is 263. The molecule has 2 rings (SSSR count). The summed E-state index contributed by atoms with van der Waals surface area (Å²) in [6, 6.07) is 0. The van der Waals surface area contributed by atoms with Crippen LogP contribution in [0.4, 0.5) is 0 Å². The van der Waals surface area contributed by atoms with Gasteiger partial charge in [0.2, 0.25) is 0 Å². The lowest BCUT2D eigenvalue weighted by Gasteiger charge is -2.46. The first-order valence-electron chi connectivity index (χ1n) is 5.99. The van der Waals surface area contributed by atoms with Gasteiger partial charge in [0, 0.05) is 6.54 Å². The van der Waals surface area contributed by atoms with Gasteiger partial charge < -0.3 is 16.0 Å². The van der Waals surface area contributed by atoms with Crippen molar-refractivity contribution in [2.75, 3.05) is 26.2 Å². The van der Waals surface area contributed by atoms with E-state index < -0.39 is 0 Å². The average molecular weight is 210 g/mol. The van der Waals surface area contributed by atoms with E-state index in [1.54, 1.807) is 0 Å². The molecular formula is C11H22N4. The third kappa shape index (κ3) is 1.61. The molecule has 2 aliphatic heterocycles. The second kappa shape index (κ2) is 4.00. The molecule has 0 aromatic rings. The van der Waals surface area contributed by atoms with Crippen LogP contribution < -0.4 is 11.1 Å². The molecule has 2 aliphatic rings. The summed E-state index contributed by atoms with van der Waals surface area (Å²) < 4.78 is 0. The quantitative estimate of drug-likeness (QED) is 0.693. The molecule has 3 N–H and O–H groups in total. The van der Waals surface area contributed by atoms with E-state index in [2.05, 4.69) is 29.1 Å². The van der Waals surface area contributed by atoms with Gasteiger partial charge in [0.25, 0.3) is 0 Å². The highest BCUT2D eigenvalue weighted by molar-refractivity contribution is 5.81. The summed E-state index contributed by atoms with van der Waals surface area (Å²) in [6.45, 7) is 8.62. The van der Waals surface area contributed by atoms with Crippen molar-refractivity contribution in [3.63, 3.8) is 0 Å². The fraction of sp³-hybridized carbons (Fsp3) is 0.909. The molecule has 15 heavy (non-hydrogen) atoms. The fourth-order valence-electron chi connectivity index (χ4n) is 2.87. The Labute approximate surface area is 91.9 Å². The van der Waals surface area contributed by atoms with Crippen molar-refractivity contribution < 1.29 is 0 Å². The van der Waals surface area contributed by atoms with Crippen molar-refractivity contribution in [2.24, 2.45) is 16.6 Å². The normalized spacial score (nSPS) is 36.0. The second-order valence-electron chi connectivity index (χ2n) is 4.78. The lowest BCUT2D eigenvalue weighted by atomic mass is 9.78. The van der Waals surface area contributed by atoms with E-state index >= 15 is 0 Å². The zero-order valence-electron chi connectivity index (χ0n) is 9.79. The zero-order valence-corrected chi connectivity index (χ0v) is 9.79. The minimum atomic E-state index is 0.214. The molecular weight excluding hydrogens is 188 g/mol. The summed E-state index contributed by atoms with van der Waals surface area (Å²) in [7, 11) is 0. The Hall–Kier alpha value is -0.770. The first kappa shape index (κ1) is 10.7. The largest absolute Gasteiger partial charge is 0.370 e. The van der Waals surface area contributed by atoms with E-state index in [1.807, 2.05) is 0 Å². The van der Waals surface area contributed by atoms with E-state index in [-0.39, 0.29) is 5.54 Å². The van der Waals surface area contributed by atoms with Crippen LogP contribution in [0.1, 0.15) is 26.7 Å². The van der Waals surface area contributed by atoms with Gasteiger partial charge in [-0.2, -0.15) is 0 Å². The number of hydrogen-bond donors (Lipinski definition) is 2. The van der Waals surface area contributed by atoms with Crippen LogP contribution in [0.15, 0.2) is 4.99 Å². The molecule has 4 nitrogen and oxygen atoms in total. The summed E-state index contributed by atoms with van der Waals surface area (Å²) in [5.41, 5.74) is 6.20. The summed E-state index contributed by atoms with van der Waals surface area (Å²) >= 11 is 0. The molecule has 1 spiro atoms. The SMILES string of the molecule is CCCN1C(N)=NCC12CCNCC2C. The first-order valence-corrected chi connectivity index (χ1v) is 5.99. The summed E-state index contributed by atoms with van der Waals surface area (Å²) in [4.78, 5) is 6.80. The highest BCUT2D eigenvalue weighted by Gasteiger charge is 2.46. The number of nitrogens with zero attached hydrogens (tertiary/aromatic N) is 2. The molecule has 0 aliphatic carbocycles. The second-order valence-corrected chi connectivity index (χ2v) is 4.78. The molecule has 2 unspecified atom stereocenters. The molecule has 1 saturated heterocycles. The standard InChI is InChI=1S/C11H22N4/c1-3-6-15-10(12)14-8-11(15)4-5-13-7-9(11)2/h9,13H,3-8H2,1-2H3,(H2,12,14).